The van der Waals surface area contributed by atoms with Gasteiger partial charge in [0.25, 0.3) is 0 Å². The smallest absolute Gasteiger partial charge is 0.223 e. The Labute approximate surface area is 106 Å². The maximum absolute atomic E-state index is 12.0. The van der Waals surface area contributed by atoms with Gasteiger partial charge in [-0.25, -0.2) is 0 Å². The van der Waals surface area contributed by atoms with Crippen molar-refractivity contribution in [3.8, 4) is 0 Å². The lowest BCUT2D eigenvalue weighted by Crippen LogP contribution is -2.35. The number of carbonyl (C=O) groups is 1. The average molecular weight is 240 g/mol. The van der Waals surface area contributed by atoms with Crippen molar-refractivity contribution in [2.45, 2.75) is 52.4 Å². The van der Waals surface area contributed by atoms with Crippen molar-refractivity contribution in [2.75, 3.05) is 13.1 Å². The zero-order valence-electron chi connectivity index (χ0n) is 11.4. The normalized spacial score (nSPS) is 24.9. The molecule has 0 aromatic carbocycles. The Morgan fingerprint density at radius 1 is 1.41 bits per heavy atom. The molecule has 1 fully saturated rings. The molecule has 1 saturated carbocycles. The molecule has 3 N–H and O–H groups in total. The number of nitrogens with two attached hydrogens (primary N) is 1. The standard InChI is InChI=1S/C14H28N2O/c1-11(2)7-9-16-14(17)13-5-3-4-12(10-13)6-8-15/h11-13H,3-10,15H2,1-2H3,(H,16,17). The molecular weight excluding hydrogens is 212 g/mol. The van der Waals surface area contributed by atoms with Crippen LogP contribution in [0.1, 0.15) is 52.4 Å². The van der Waals surface area contributed by atoms with Crippen LogP contribution in [0.5, 0.6) is 0 Å². The quantitative estimate of drug-likeness (QED) is 0.748. The van der Waals surface area contributed by atoms with Crippen LogP contribution in [0.4, 0.5) is 0 Å². The summed E-state index contributed by atoms with van der Waals surface area (Å²) in [5, 5.41) is 3.08. The lowest BCUT2D eigenvalue weighted by molar-refractivity contribution is -0.126. The lowest BCUT2D eigenvalue weighted by Gasteiger charge is -2.28. The first-order valence-electron chi connectivity index (χ1n) is 7.11. The Morgan fingerprint density at radius 3 is 2.82 bits per heavy atom. The van der Waals surface area contributed by atoms with Crippen LogP contribution in [0.2, 0.25) is 0 Å². The van der Waals surface area contributed by atoms with Crippen molar-refractivity contribution in [1.29, 1.82) is 0 Å². The molecule has 1 aliphatic rings. The van der Waals surface area contributed by atoms with Crippen LogP contribution in [0.15, 0.2) is 0 Å². The van der Waals surface area contributed by atoms with Crippen LogP contribution in [0, 0.1) is 17.8 Å². The number of hydrogen-bond donors (Lipinski definition) is 2. The Hall–Kier alpha value is -0.570. The zero-order valence-corrected chi connectivity index (χ0v) is 11.4. The van der Waals surface area contributed by atoms with Crippen molar-refractivity contribution in [3.63, 3.8) is 0 Å². The minimum atomic E-state index is 0.243. The van der Waals surface area contributed by atoms with Crippen LogP contribution < -0.4 is 11.1 Å². The first-order valence-corrected chi connectivity index (χ1v) is 7.11. The third-order valence-electron chi connectivity index (χ3n) is 3.75. The highest BCUT2D eigenvalue weighted by atomic mass is 16.1. The second-order valence-electron chi connectivity index (χ2n) is 5.78. The fourth-order valence-corrected chi connectivity index (χ4v) is 2.66. The Balaban J connectivity index is 2.25. The van der Waals surface area contributed by atoms with E-state index in [9.17, 15) is 4.79 Å². The molecule has 0 aromatic rings. The topological polar surface area (TPSA) is 55.1 Å². The molecule has 0 heterocycles. The summed E-state index contributed by atoms with van der Waals surface area (Å²) in [5.74, 6) is 1.85. The third kappa shape index (κ3) is 5.53. The number of hydrogen-bond acceptors (Lipinski definition) is 2. The van der Waals surface area contributed by atoms with Crippen molar-refractivity contribution in [3.05, 3.63) is 0 Å². The molecule has 1 aliphatic carbocycles. The second-order valence-corrected chi connectivity index (χ2v) is 5.78. The highest BCUT2D eigenvalue weighted by Gasteiger charge is 2.26. The number of rotatable bonds is 6. The predicted octanol–water partition coefficient (Wildman–Crippen LogP) is 2.30. The van der Waals surface area contributed by atoms with Gasteiger partial charge >= 0.3 is 0 Å². The molecule has 0 spiro atoms. The molecule has 0 saturated heterocycles. The zero-order chi connectivity index (χ0) is 12.7. The van der Waals surface area contributed by atoms with E-state index in [2.05, 4.69) is 19.2 Å². The van der Waals surface area contributed by atoms with Crippen molar-refractivity contribution < 1.29 is 4.79 Å². The average Bonchev–Trinajstić information content (AvgIpc) is 2.29. The largest absolute Gasteiger partial charge is 0.356 e. The van der Waals surface area contributed by atoms with E-state index in [0.717, 1.165) is 38.8 Å². The van der Waals surface area contributed by atoms with E-state index in [1.54, 1.807) is 0 Å². The minimum absolute atomic E-state index is 0.243. The van der Waals surface area contributed by atoms with Crippen molar-refractivity contribution >= 4 is 5.91 Å². The van der Waals surface area contributed by atoms with E-state index in [-0.39, 0.29) is 11.8 Å². The van der Waals surface area contributed by atoms with Gasteiger partial charge in [-0.1, -0.05) is 26.7 Å². The van der Waals surface area contributed by atoms with E-state index < -0.39 is 0 Å². The summed E-state index contributed by atoms with van der Waals surface area (Å²) < 4.78 is 0. The molecule has 0 aliphatic heterocycles. The molecule has 3 heteroatoms. The fraction of sp³-hybridized carbons (Fsp3) is 0.929. The SMILES string of the molecule is CC(C)CCNC(=O)C1CCCC(CCN)C1. The Kier molecular flexibility index (Phi) is 6.56. The Bertz CT molecular complexity index is 226. The van der Waals surface area contributed by atoms with Gasteiger partial charge in [0.1, 0.15) is 0 Å². The van der Waals surface area contributed by atoms with Gasteiger partial charge in [0, 0.05) is 12.5 Å². The van der Waals surface area contributed by atoms with E-state index in [1.807, 2.05) is 0 Å². The summed E-state index contributed by atoms with van der Waals surface area (Å²) in [6.07, 6.45) is 6.71. The van der Waals surface area contributed by atoms with Crippen LogP contribution >= 0.6 is 0 Å². The van der Waals surface area contributed by atoms with Gasteiger partial charge in [-0.2, -0.15) is 0 Å². The third-order valence-corrected chi connectivity index (χ3v) is 3.75. The molecule has 2 atom stereocenters. The summed E-state index contributed by atoms with van der Waals surface area (Å²) in [6, 6.07) is 0. The maximum Gasteiger partial charge on any atom is 0.223 e. The first-order chi connectivity index (χ1) is 8.13. The van der Waals surface area contributed by atoms with Crippen LogP contribution in [0.25, 0.3) is 0 Å². The van der Waals surface area contributed by atoms with E-state index >= 15 is 0 Å². The van der Waals surface area contributed by atoms with Crippen LogP contribution in [-0.2, 0) is 4.79 Å². The van der Waals surface area contributed by atoms with Gasteiger partial charge in [0.05, 0.1) is 0 Å². The first kappa shape index (κ1) is 14.5. The molecule has 0 bridgehead atoms. The maximum atomic E-state index is 12.0. The summed E-state index contributed by atoms with van der Waals surface area (Å²) in [5.41, 5.74) is 5.59. The monoisotopic (exact) mass is 240 g/mol. The molecule has 0 radical (unpaired) electrons. The summed E-state index contributed by atoms with van der Waals surface area (Å²) in [6.45, 7) is 5.95. The molecule has 0 aromatic heterocycles. The van der Waals surface area contributed by atoms with E-state index in [1.165, 1.54) is 12.8 Å². The van der Waals surface area contributed by atoms with Gasteiger partial charge in [-0.3, -0.25) is 4.79 Å². The van der Waals surface area contributed by atoms with Gasteiger partial charge in [0.2, 0.25) is 5.91 Å². The highest BCUT2D eigenvalue weighted by Crippen LogP contribution is 2.30. The summed E-state index contributed by atoms with van der Waals surface area (Å²) in [7, 11) is 0. The van der Waals surface area contributed by atoms with Gasteiger partial charge in [-0.05, 0) is 44.1 Å². The Morgan fingerprint density at radius 2 is 2.18 bits per heavy atom. The minimum Gasteiger partial charge on any atom is -0.356 e. The molecular formula is C14H28N2O. The van der Waals surface area contributed by atoms with Crippen molar-refractivity contribution in [2.24, 2.45) is 23.5 Å². The van der Waals surface area contributed by atoms with Crippen LogP contribution in [0.3, 0.4) is 0 Å². The van der Waals surface area contributed by atoms with Gasteiger partial charge in [0.15, 0.2) is 0 Å². The lowest BCUT2D eigenvalue weighted by atomic mass is 9.79. The number of carbonyl (C=O) groups excluding carboxylic acids is 1. The summed E-state index contributed by atoms with van der Waals surface area (Å²) >= 11 is 0. The van der Waals surface area contributed by atoms with Gasteiger partial charge in [-0.15, -0.1) is 0 Å². The predicted molar refractivity (Wildman–Crippen MR) is 71.6 cm³/mol. The summed E-state index contributed by atoms with van der Waals surface area (Å²) in [4.78, 5) is 12.0. The van der Waals surface area contributed by atoms with E-state index in [0.29, 0.717) is 11.8 Å². The number of amides is 1. The molecule has 3 nitrogen and oxygen atoms in total. The molecule has 2 unspecified atom stereocenters. The fourth-order valence-electron chi connectivity index (χ4n) is 2.66. The van der Waals surface area contributed by atoms with E-state index in [4.69, 9.17) is 5.73 Å². The second kappa shape index (κ2) is 7.70. The van der Waals surface area contributed by atoms with Crippen molar-refractivity contribution in [1.82, 2.24) is 5.32 Å². The molecule has 1 rings (SSSR count). The van der Waals surface area contributed by atoms with Crippen LogP contribution in [-0.4, -0.2) is 19.0 Å². The molecule has 100 valence electrons. The number of nitrogens with one attached hydrogen (secondary N) is 1. The van der Waals surface area contributed by atoms with Gasteiger partial charge < -0.3 is 11.1 Å². The molecule has 17 heavy (non-hydrogen) atoms. The highest BCUT2D eigenvalue weighted by molar-refractivity contribution is 5.78. The molecule has 1 amide bonds.